The highest BCUT2D eigenvalue weighted by atomic mass is 19.2. The van der Waals surface area contributed by atoms with Crippen molar-refractivity contribution >= 4 is 22.8 Å². The van der Waals surface area contributed by atoms with Crippen LogP contribution in [-0.2, 0) is 6.54 Å². The minimum Gasteiger partial charge on any atom is -0.338 e. The van der Waals surface area contributed by atoms with E-state index in [4.69, 9.17) is 0 Å². The summed E-state index contributed by atoms with van der Waals surface area (Å²) in [6.07, 6.45) is 5.94. The Morgan fingerprint density at radius 2 is 2.00 bits per heavy atom. The van der Waals surface area contributed by atoms with Crippen molar-refractivity contribution in [1.82, 2.24) is 25.1 Å². The van der Waals surface area contributed by atoms with Crippen LogP contribution in [0.25, 0.3) is 22.0 Å². The fraction of sp³-hybridized carbons (Fsp3) is 0.150. The zero-order chi connectivity index (χ0) is 20.2. The van der Waals surface area contributed by atoms with E-state index in [1.165, 1.54) is 6.07 Å². The Balaban J connectivity index is 1.49. The van der Waals surface area contributed by atoms with Gasteiger partial charge < -0.3 is 9.88 Å². The van der Waals surface area contributed by atoms with Gasteiger partial charge in [0.15, 0.2) is 17.5 Å². The van der Waals surface area contributed by atoms with Crippen LogP contribution in [0.5, 0.6) is 0 Å². The Morgan fingerprint density at radius 3 is 2.76 bits per heavy atom. The lowest BCUT2D eigenvalue weighted by molar-refractivity contribution is 0.251. The molecule has 0 aliphatic rings. The highest BCUT2D eigenvalue weighted by molar-refractivity contribution is 6.00. The normalized spacial score (nSPS) is 11.0. The van der Waals surface area contributed by atoms with Gasteiger partial charge in [-0.3, -0.25) is 10.4 Å². The summed E-state index contributed by atoms with van der Waals surface area (Å²) in [6.45, 7) is 1.15. The molecule has 29 heavy (non-hydrogen) atoms. The molecule has 0 saturated heterocycles. The van der Waals surface area contributed by atoms with Gasteiger partial charge in [0.1, 0.15) is 5.52 Å². The molecule has 2 amide bonds. The van der Waals surface area contributed by atoms with Crippen molar-refractivity contribution in [2.75, 3.05) is 11.9 Å². The molecule has 0 aliphatic heterocycles. The number of fused-ring (bicyclic) bond motifs is 1. The maximum Gasteiger partial charge on any atom is 0.320 e. The Bertz CT molecular complexity index is 1130. The second-order valence-electron chi connectivity index (χ2n) is 6.45. The summed E-state index contributed by atoms with van der Waals surface area (Å²) in [5, 5.41) is 12.0. The SMILES string of the molecule is O=C(NCCCn1ccnc1)Nc1n[nH]c2c(F)c(F)c(-c3ccccc3)cc12. The van der Waals surface area contributed by atoms with Gasteiger partial charge in [-0.1, -0.05) is 30.3 Å². The third-order valence-electron chi connectivity index (χ3n) is 4.50. The number of aryl methyl sites for hydroxylation is 1. The van der Waals surface area contributed by atoms with Gasteiger partial charge >= 0.3 is 6.03 Å². The van der Waals surface area contributed by atoms with Gasteiger partial charge in [-0.15, -0.1) is 0 Å². The predicted octanol–water partition coefficient (Wildman–Crippen LogP) is 3.92. The molecule has 0 saturated carbocycles. The van der Waals surface area contributed by atoms with Gasteiger partial charge in [-0.2, -0.15) is 5.10 Å². The van der Waals surface area contributed by atoms with Crippen LogP contribution < -0.4 is 10.6 Å². The molecule has 4 rings (SSSR count). The van der Waals surface area contributed by atoms with Crippen LogP contribution in [0.4, 0.5) is 19.4 Å². The highest BCUT2D eigenvalue weighted by Crippen LogP contribution is 2.32. The smallest absolute Gasteiger partial charge is 0.320 e. The van der Waals surface area contributed by atoms with Gasteiger partial charge in [0.05, 0.1) is 6.33 Å². The summed E-state index contributed by atoms with van der Waals surface area (Å²) in [5.74, 6) is -1.88. The summed E-state index contributed by atoms with van der Waals surface area (Å²) in [6, 6.07) is 9.63. The van der Waals surface area contributed by atoms with Crippen molar-refractivity contribution in [3.8, 4) is 11.1 Å². The van der Waals surface area contributed by atoms with Crippen LogP contribution in [0.15, 0.2) is 55.1 Å². The fourth-order valence-electron chi connectivity index (χ4n) is 3.05. The number of urea groups is 1. The van der Waals surface area contributed by atoms with Crippen molar-refractivity contribution in [3.63, 3.8) is 0 Å². The van der Waals surface area contributed by atoms with Gasteiger partial charge in [0.25, 0.3) is 0 Å². The van der Waals surface area contributed by atoms with Crippen molar-refractivity contribution < 1.29 is 13.6 Å². The second kappa shape index (κ2) is 8.09. The van der Waals surface area contributed by atoms with Crippen LogP contribution >= 0.6 is 0 Å². The van der Waals surface area contributed by atoms with E-state index in [2.05, 4.69) is 25.8 Å². The van der Waals surface area contributed by atoms with E-state index in [9.17, 15) is 13.6 Å². The van der Waals surface area contributed by atoms with Crippen molar-refractivity contribution in [3.05, 3.63) is 66.8 Å². The quantitative estimate of drug-likeness (QED) is 0.432. The number of halogens is 2. The van der Waals surface area contributed by atoms with Gasteiger partial charge in [-0.25, -0.2) is 18.6 Å². The van der Waals surface area contributed by atoms with Crippen LogP contribution in [0.3, 0.4) is 0 Å². The molecular weight excluding hydrogens is 378 g/mol. The van der Waals surface area contributed by atoms with E-state index in [1.54, 1.807) is 42.9 Å². The van der Waals surface area contributed by atoms with E-state index in [0.29, 0.717) is 18.5 Å². The Kier molecular flexibility index (Phi) is 5.19. The van der Waals surface area contributed by atoms with Gasteiger partial charge in [0, 0.05) is 36.4 Å². The zero-order valence-corrected chi connectivity index (χ0v) is 15.3. The van der Waals surface area contributed by atoms with Crippen molar-refractivity contribution in [2.45, 2.75) is 13.0 Å². The Labute approximate surface area is 164 Å². The number of nitrogens with zero attached hydrogens (tertiary/aromatic N) is 3. The number of amides is 2. The third kappa shape index (κ3) is 3.93. The molecule has 7 nitrogen and oxygen atoms in total. The number of rotatable bonds is 6. The second-order valence-corrected chi connectivity index (χ2v) is 6.45. The maximum atomic E-state index is 14.5. The molecule has 3 N–H and O–H groups in total. The van der Waals surface area contributed by atoms with E-state index in [1.807, 2.05) is 10.8 Å². The summed E-state index contributed by atoms with van der Waals surface area (Å²) in [4.78, 5) is 16.1. The van der Waals surface area contributed by atoms with E-state index < -0.39 is 17.7 Å². The molecule has 0 spiro atoms. The number of hydrogen-bond acceptors (Lipinski definition) is 3. The van der Waals surface area contributed by atoms with E-state index >= 15 is 0 Å². The zero-order valence-electron chi connectivity index (χ0n) is 15.3. The molecule has 9 heteroatoms. The minimum atomic E-state index is -1.04. The van der Waals surface area contributed by atoms with Gasteiger partial charge in [0.2, 0.25) is 0 Å². The molecule has 0 fully saturated rings. The molecule has 0 atom stereocenters. The number of carbonyl (C=O) groups is 1. The molecule has 0 aliphatic carbocycles. The van der Waals surface area contributed by atoms with E-state index in [0.717, 1.165) is 6.54 Å². The van der Waals surface area contributed by atoms with Crippen molar-refractivity contribution in [1.29, 1.82) is 0 Å². The lowest BCUT2D eigenvalue weighted by Gasteiger charge is -2.08. The molecule has 2 aromatic heterocycles. The van der Waals surface area contributed by atoms with Crippen LogP contribution in [-0.4, -0.2) is 32.3 Å². The maximum absolute atomic E-state index is 14.5. The number of anilines is 1. The summed E-state index contributed by atoms with van der Waals surface area (Å²) >= 11 is 0. The highest BCUT2D eigenvalue weighted by Gasteiger charge is 2.19. The largest absolute Gasteiger partial charge is 0.338 e. The Hall–Kier alpha value is -3.75. The summed E-state index contributed by atoms with van der Waals surface area (Å²) in [5.41, 5.74) is 0.528. The molecule has 0 unspecified atom stereocenters. The molecule has 0 radical (unpaired) electrons. The first kappa shape index (κ1) is 18.6. The number of aromatic nitrogens is 4. The van der Waals surface area contributed by atoms with Gasteiger partial charge in [-0.05, 0) is 18.1 Å². The van der Waals surface area contributed by atoms with Crippen LogP contribution in [0.1, 0.15) is 6.42 Å². The monoisotopic (exact) mass is 396 g/mol. The molecule has 148 valence electrons. The van der Waals surface area contributed by atoms with Crippen LogP contribution in [0, 0.1) is 11.6 Å². The molecule has 4 aromatic rings. The first-order valence-corrected chi connectivity index (χ1v) is 9.05. The van der Waals surface area contributed by atoms with Crippen molar-refractivity contribution in [2.24, 2.45) is 0 Å². The number of H-pyrrole nitrogens is 1. The lowest BCUT2D eigenvalue weighted by Crippen LogP contribution is -2.30. The fourth-order valence-corrected chi connectivity index (χ4v) is 3.05. The number of benzene rings is 2. The summed E-state index contributed by atoms with van der Waals surface area (Å²) < 4.78 is 30.9. The molecule has 2 aromatic carbocycles. The minimum absolute atomic E-state index is 0.0980. The number of nitrogens with one attached hydrogen (secondary N) is 3. The summed E-state index contributed by atoms with van der Waals surface area (Å²) in [7, 11) is 0. The predicted molar refractivity (Wildman–Crippen MR) is 105 cm³/mol. The molecule has 0 bridgehead atoms. The van der Waals surface area contributed by atoms with Crippen LogP contribution in [0.2, 0.25) is 0 Å². The molecule has 2 heterocycles. The molecular formula is C20H18F2N6O. The topological polar surface area (TPSA) is 87.6 Å². The average Bonchev–Trinajstić information content (AvgIpc) is 3.39. The number of aromatic amines is 1. The number of carbonyl (C=O) groups excluding carboxylic acids is 1. The first-order valence-electron chi connectivity index (χ1n) is 9.05. The van der Waals surface area contributed by atoms with E-state index in [-0.39, 0.29) is 22.3 Å². The number of imidazole rings is 1. The average molecular weight is 396 g/mol. The number of hydrogen-bond donors (Lipinski definition) is 3. The lowest BCUT2D eigenvalue weighted by atomic mass is 10.0. The first-order chi connectivity index (χ1) is 14.1. The Morgan fingerprint density at radius 1 is 1.17 bits per heavy atom. The standard InChI is InChI=1S/C20H18F2N6O/c21-16-14(13-5-2-1-3-6-13)11-15-18(17(16)22)26-27-19(15)25-20(29)24-7-4-9-28-10-8-23-12-28/h1-3,5-6,8,10-12H,4,7,9H2,(H3,24,25,26,27,29). The third-order valence-corrected chi connectivity index (χ3v) is 4.50.